The average molecular weight is 215 g/mol. The minimum atomic E-state index is 0.0403. The minimum Gasteiger partial charge on any atom is -0.311 e. The maximum atomic E-state index is 11.6. The summed E-state index contributed by atoms with van der Waals surface area (Å²) in [5, 5.41) is 1.11. The van der Waals surface area contributed by atoms with Crippen molar-refractivity contribution in [2.45, 2.75) is 26.2 Å². The van der Waals surface area contributed by atoms with Gasteiger partial charge in [0, 0.05) is 13.1 Å². The van der Waals surface area contributed by atoms with Crippen molar-refractivity contribution in [3.05, 3.63) is 46.2 Å². The van der Waals surface area contributed by atoms with Crippen molar-refractivity contribution in [1.29, 1.82) is 0 Å². The Hall–Kier alpha value is -1.57. The molecule has 0 aliphatic rings. The van der Waals surface area contributed by atoms with Crippen molar-refractivity contribution in [1.82, 2.24) is 4.57 Å². The molecule has 1 heterocycles. The molecule has 0 saturated heterocycles. The molecule has 0 spiro atoms. The van der Waals surface area contributed by atoms with Crippen LogP contribution < -0.4 is 5.56 Å². The van der Waals surface area contributed by atoms with Gasteiger partial charge in [0.1, 0.15) is 0 Å². The van der Waals surface area contributed by atoms with Crippen LogP contribution in [-0.2, 0) is 12.5 Å². The van der Waals surface area contributed by atoms with Gasteiger partial charge in [0.05, 0.1) is 5.52 Å². The summed E-state index contributed by atoms with van der Waals surface area (Å²) in [4.78, 5) is 11.6. The summed E-state index contributed by atoms with van der Waals surface area (Å²) in [7, 11) is 1.82. The maximum Gasteiger partial charge on any atom is 0.250 e. The first kappa shape index (κ1) is 10.9. The van der Waals surface area contributed by atoms with Gasteiger partial charge in [-0.3, -0.25) is 4.79 Å². The molecule has 0 bridgehead atoms. The monoisotopic (exact) mass is 215 g/mol. The largest absolute Gasteiger partial charge is 0.311 e. The van der Waals surface area contributed by atoms with Gasteiger partial charge < -0.3 is 4.57 Å². The van der Waals surface area contributed by atoms with Crippen molar-refractivity contribution in [3.8, 4) is 0 Å². The first-order valence-corrected chi connectivity index (χ1v) is 5.50. The van der Waals surface area contributed by atoms with Crippen LogP contribution in [0.2, 0.25) is 0 Å². The predicted molar refractivity (Wildman–Crippen MR) is 67.9 cm³/mol. The molecule has 0 fully saturated rings. The normalized spacial score (nSPS) is 12.0. The van der Waals surface area contributed by atoms with Crippen LogP contribution in [-0.4, -0.2) is 4.57 Å². The highest BCUT2D eigenvalue weighted by Gasteiger charge is 2.14. The number of benzene rings is 1. The fraction of sp³-hybridized carbons (Fsp3) is 0.357. The fourth-order valence-corrected chi connectivity index (χ4v) is 1.83. The molecule has 2 aromatic rings. The van der Waals surface area contributed by atoms with Crippen LogP contribution in [0.25, 0.3) is 10.9 Å². The van der Waals surface area contributed by atoms with Gasteiger partial charge in [0.15, 0.2) is 0 Å². The van der Waals surface area contributed by atoms with E-state index in [2.05, 4.69) is 39.0 Å². The lowest BCUT2D eigenvalue weighted by Crippen LogP contribution is -2.16. The van der Waals surface area contributed by atoms with Gasteiger partial charge in [-0.1, -0.05) is 32.9 Å². The van der Waals surface area contributed by atoms with Gasteiger partial charge in [-0.2, -0.15) is 0 Å². The minimum absolute atomic E-state index is 0.0403. The molecule has 84 valence electrons. The van der Waals surface area contributed by atoms with Crippen LogP contribution in [0.15, 0.2) is 35.1 Å². The van der Waals surface area contributed by atoms with Crippen LogP contribution in [0.4, 0.5) is 0 Å². The molecular formula is C14H17NO. The summed E-state index contributed by atoms with van der Waals surface area (Å²) >= 11 is 0. The quantitative estimate of drug-likeness (QED) is 0.662. The van der Waals surface area contributed by atoms with E-state index in [1.165, 1.54) is 5.56 Å². The zero-order valence-corrected chi connectivity index (χ0v) is 10.2. The maximum absolute atomic E-state index is 11.6. The molecule has 0 radical (unpaired) electrons. The second kappa shape index (κ2) is 3.48. The topological polar surface area (TPSA) is 22.0 Å². The molecule has 16 heavy (non-hydrogen) atoms. The van der Waals surface area contributed by atoms with E-state index in [1.807, 2.05) is 13.1 Å². The number of hydrogen-bond acceptors (Lipinski definition) is 1. The third-order valence-electron chi connectivity index (χ3n) is 2.99. The van der Waals surface area contributed by atoms with Crippen LogP contribution >= 0.6 is 0 Å². The molecule has 0 unspecified atom stereocenters. The lowest BCUT2D eigenvalue weighted by atomic mass is 9.86. The Balaban J connectivity index is 2.79. The molecule has 1 aromatic carbocycles. The Morgan fingerprint density at radius 2 is 1.69 bits per heavy atom. The molecule has 1 aromatic heterocycles. The predicted octanol–water partition coefficient (Wildman–Crippen LogP) is 2.84. The van der Waals surface area contributed by atoms with Crippen LogP contribution in [0.3, 0.4) is 0 Å². The molecule has 0 atom stereocenters. The first-order chi connectivity index (χ1) is 7.39. The van der Waals surface area contributed by atoms with Crippen molar-refractivity contribution in [2.75, 3.05) is 0 Å². The van der Waals surface area contributed by atoms with Gasteiger partial charge in [0.25, 0.3) is 5.56 Å². The van der Waals surface area contributed by atoms with Crippen molar-refractivity contribution in [2.24, 2.45) is 7.05 Å². The van der Waals surface area contributed by atoms with E-state index in [0.717, 1.165) is 10.9 Å². The number of nitrogens with zero attached hydrogens (tertiary/aromatic N) is 1. The van der Waals surface area contributed by atoms with Crippen LogP contribution in [0, 0.1) is 0 Å². The fourth-order valence-electron chi connectivity index (χ4n) is 1.83. The van der Waals surface area contributed by atoms with E-state index in [9.17, 15) is 4.79 Å². The zero-order valence-electron chi connectivity index (χ0n) is 10.2. The van der Waals surface area contributed by atoms with E-state index in [0.29, 0.717) is 0 Å². The van der Waals surface area contributed by atoms with E-state index in [1.54, 1.807) is 10.6 Å². The lowest BCUT2D eigenvalue weighted by Gasteiger charge is -2.19. The number of aryl methyl sites for hydroxylation is 1. The van der Waals surface area contributed by atoms with Gasteiger partial charge in [-0.05, 0) is 28.5 Å². The van der Waals surface area contributed by atoms with Gasteiger partial charge in [-0.15, -0.1) is 0 Å². The van der Waals surface area contributed by atoms with Crippen LogP contribution in [0.5, 0.6) is 0 Å². The third-order valence-corrected chi connectivity index (χ3v) is 2.99. The molecule has 2 rings (SSSR count). The zero-order chi connectivity index (χ0) is 11.9. The van der Waals surface area contributed by atoms with E-state index in [-0.39, 0.29) is 11.0 Å². The molecule has 2 nitrogen and oxygen atoms in total. The van der Waals surface area contributed by atoms with Gasteiger partial charge in [0.2, 0.25) is 0 Å². The Bertz CT molecular complexity index is 588. The van der Waals surface area contributed by atoms with Crippen molar-refractivity contribution in [3.63, 3.8) is 0 Å². The summed E-state index contributed by atoms with van der Waals surface area (Å²) in [5.41, 5.74) is 2.40. The molecule has 0 aliphatic heterocycles. The Labute approximate surface area is 95.5 Å². The summed E-state index contributed by atoms with van der Waals surface area (Å²) < 4.78 is 1.70. The summed E-state index contributed by atoms with van der Waals surface area (Å²) in [6.07, 6.45) is 0. The smallest absolute Gasteiger partial charge is 0.250 e. The summed E-state index contributed by atoms with van der Waals surface area (Å²) in [6, 6.07) is 9.81. The number of fused-ring (bicyclic) bond motifs is 1. The van der Waals surface area contributed by atoms with Crippen molar-refractivity contribution < 1.29 is 0 Å². The van der Waals surface area contributed by atoms with Gasteiger partial charge in [-0.25, -0.2) is 0 Å². The summed E-state index contributed by atoms with van der Waals surface area (Å²) in [6.45, 7) is 6.53. The Kier molecular flexibility index (Phi) is 2.38. The first-order valence-electron chi connectivity index (χ1n) is 5.50. The SMILES string of the molecule is Cn1c(=O)ccc2ccc(C(C)(C)C)cc21. The Morgan fingerprint density at radius 3 is 2.31 bits per heavy atom. The van der Waals surface area contributed by atoms with E-state index < -0.39 is 0 Å². The number of pyridine rings is 1. The standard InChI is InChI=1S/C14H17NO/c1-14(2,3)11-7-5-10-6-8-13(16)15(4)12(10)9-11/h5-9H,1-4H3. The highest BCUT2D eigenvalue weighted by Crippen LogP contribution is 2.25. The Morgan fingerprint density at radius 1 is 1.06 bits per heavy atom. The van der Waals surface area contributed by atoms with Gasteiger partial charge >= 0.3 is 0 Å². The molecule has 0 amide bonds. The molecule has 0 N–H and O–H groups in total. The highest BCUT2D eigenvalue weighted by molar-refractivity contribution is 5.79. The van der Waals surface area contributed by atoms with Crippen LogP contribution in [0.1, 0.15) is 26.3 Å². The average Bonchev–Trinajstić information content (AvgIpc) is 2.22. The second-order valence-corrected chi connectivity index (χ2v) is 5.25. The second-order valence-electron chi connectivity index (χ2n) is 5.25. The number of aromatic nitrogens is 1. The molecule has 0 aliphatic carbocycles. The number of hydrogen-bond donors (Lipinski definition) is 0. The van der Waals surface area contributed by atoms with E-state index in [4.69, 9.17) is 0 Å². The lowest BCUT2D eigenvalue weighted by molar-refractivity contribution is 0.590. The third kappa shape index (κ3) is 1.75. The highest BCUT2D eigenvalue weighted by atomic mass is 16.1. The van der Waals surface area contributed by atoms with E-state index >= 15 is 0 Å². The molecular weight excluding hydrogens is 198 g/mol. The summed E-state index contributed by atoms with van der Waals surface area (Å²) in [5.74, 6) is 0. The number of rotatable bonds is 0. The molecule has 2 heteroatoms. The molecule has 0 saturated carbocycles. The van der Waals surface area contributed by atoms with Crippen molar-refractivity contribution >= 4 is 10.9 Å².